The second kappa shape index (κ2) is 11.1. The summed E-state index contributed by atoms with van der Waals surface area (Å²) < 4.78 is 28.2. The first kappa shape index (κ1) is 29.0. The number of rotatable bonds is 5. The van der Waals surface area contributed by atoms with E-state index in [1.54, 1.807) is 0 Å². The molecule has 1 aromatic heterocycles. The standard InChI is InChI=1S/C27H30O14/c1-9-17(30)20(33)22(35)26(37-9)39-13-7-14(29)16-15(8-13)40-24(11-3-5-12(28)6-4-11)25(19(16)32)41-27-23(36)21(34)18(31)10(2)38-27/h3-10,17-18,20-23,26-31,33-36H,1-2H3/t9-,10-,17-,18-,20-,21+,22-,23+,26-,27-/m0/s1. The van der Waals surface area contributed by atoms with Crippen LogP contribution >= 0.6 is 0 Å². The number of benzene rings is 2. The summed E-state index contributed by atoms with van der Waals surface area (Å²) in [6, 6.07) is 7.71. The van der Waals surface area contributed by atoms with Crippen LogP contribution in [0.2, 0.25) is 0 Å². The summed E-state index contributed by atoms with van der Waals surface area (Å²) in [7, 11) is 0. The molecule has 41 heavy (non-hydrogen) atoms. The topological polar surface area (TPSA) is 229 Å². The normalized spacial score (nSPS) is 34.0. The predicted molar refractivity (Wildman–Crippen MR) is 137 cm³/mol. The molecule has 0 aliphatic carbocycles. The van der Waals surface area contributed by atoms with E-state index in [-0.39, 0.29) is 33.8 Å². The SMILES string of the molecule is C[C@@H]1O[C@@H](Oc2cc(O)c3c(=O)c(O[C@@H]4O[C@@H](C)[C@H](O)[C@@H](O)[C@H]4O)c(-c4ccc(O)cc4)oc3c2)[C@@H](O)[C@@H](O)[C@H]1O. The first-order valence-electron chi connectivity index (χ1n) is 12.7. The van der Waals surface area contributed by atoms with Gasteiger partial charge in [0.2, 0.25) is 23.8 Å². The summed E-state index contributed by atoms with van der Waals surface area (Å²) in [6.07, 6.45) is -14.3. The highest BCUT2D eigenvalue weighted by atomic mass is 16.7. The molecule has 0 bridgehead atoms. The molecule has 222 valence electrons. The van der Waals surface area contributed by atoms with Gasteiger partial charge >= 0.3 is 0 Å². The number of fused-ring (bicyclic) bond motifs is 1. The average Bonchev–Trinajstić information content (AvgIpc) is 2.93. The first-order chi connectivity index (χ1) is 19.4. The van der Waals surface area contributed by atoms with E-state index in [1.165, 1.54) is 44.2 Å². The van der Waals surface area contributed by atoms with Crippen molar-refractivity contribution < 1.29 is 64.2 Å². The molecule has 14 heteroatoms. The van der Waals surface area contributed by atoms with E-state index in [1.807, 2.05) is 0 Å². The lowest BCUT2D eigenvalue weighted by Crippen LogP contribution is -2.58. The van der Waals surface area contributed by atoms with Gasteiger partial charge in [-0.15, -0.1) is 0 Å². The van der Waals surface area contributed by atoms with Crippen LogP contribution < -0.4 is 14.9 Å². The lowest BCUT2D eigenvalue weighted by atomic mass is 10.00. The van der Waals surface area contributed by atoms with Crippen molar-refractivity contribution in [2.24, 2.45) is 0 Å². The maximum absolute atomic E-state index is 13.7. The quantitative estimate of drug-likeness (QED) is 0.187. The van der Waals surface area contributed by atoms with Crippen molar-refractivity contribution in [2.75, 3.05) is 0 Å². The minimum Gasteiger partial charge on any atom is -0.508 e. The van der Waals surface area contributed by atoms with Crippen molar-refractivity contribution in [3.05, 3.63) is 46.6 Å². The molecule has 0 amide bonds. The zero-order valence-electron chi connectivity index (χ0n) is 21.8. The van der Waals surface area contributed by atoms with Gasteiger partial charge < -0.3 is 64.2 Å². The van der Waals surface area contributed by atoms with Crippen molar-refractivity contribution in [3.63, 3.8) is 0 Å². The van der Waals surface area contributed by atoms with Crippen LogP contribution in [0.5, 0.6) is 23.0 Å². The van der Waals surface area contributed by atoms with E-state index >= 15 is 0 Å². The van der Waals surface area contributed by atoms with Crippen LogP contribution in [0.1, 0.15) is 13.8 Å². The summed E-state index contributed by atoms with van der Waals surface area (Å²) >= 11 is 0. The third-order valence-corrected chi connectivity index (χ3v) is 7.14. The summed E-state index contributed by atoms with van der Waals surface area (Å²) in [5.74, 6) is -1.55. The highest BCUT2D eigenvalue weighted by Crippen LogP contribution is 2.38. The van der Waals surface area contributed by atoms with Crippen LogP contribution in [0.25, 0.3) is 22.3 Å². The molecule has 8 N–H and O–H groups in total. The van der Waals surface area contributed by atoms with Gasteiger partial charge in [0, 0.05) is 17.7 Å². The van der Waals surface area contributed by atoms with Gasteiger partial charge in [0.1, 0.15) is 64.8 Å². The molecule has 5 rings (SSSR count). The monoisotopic (exact) mass is 578 g/mol. The highest BCUT2D eigenvalue weighted by Gasteiger charge is 2.45. The molecule has 10 atom stereocenters. The molecule has 0 spiro atoms. The van der Waals surface area contributed by atoms with E-state index in [4.69, 9.17) is 23.4 Å². The molecule has 3 aromatic rings. The fourth-order valence-corrected chi connectivity index (χ4v) is 4.71. The summed E-state index contributed by atoms with van der Waals surface area (Å²) in [5.41, 5.74) is -0.865. The molecular weight excluding hydrogens is 548 g/mol. The van der Waals surface area contributed by atoms with Crippen molar-refractivity contribution in [2.45, 2.75) is 75.3 Å². The highest BCUT2D eigenvalue weighted by molar-refractivity contribution is 5.88. The Morgan fingerprint density at radius 2 is 1.24 bits per heavy atom. The zero-order chi connectivity index (χ0) is 29.7. The second-order valence-electron chi connectivity index (χ2n) is 10.1. The Morgan fingerprint density at radius 1 is 0.707 bits per heavy atom. The van der Waals surface area contributed by atoms with Gasteiger partial charge in [0.25, 0.3) is 0 Å². The van der Waals surface area contributed by atoms with Crippen LogP contribution in [0, 0.1) is 0 Å². The number of phenolic OH excluding ortho intramolecular Hbond substituents is 2. The van der Waals surface area contributed by atoms with E-state index in [2.05, 4.69) is 0 Å². The second-order valence-corrected chi connectivity index (χ2v) is 10.1. The van der Waals surface area contributed by atoms with Crippen LogP contribution in [-0.2, 0) is 9.47 Å². The summed E-state index contributed by atoms with van der Waals surface area (Å²) in [4.78, 5) is 13.7. The van der Waals surface area contributed by atoms with Gasteiger partial charge in [-0.2, -0.15) is 0 Å². The molecule has 2 aromatic carbocycles. The fraction of sp³-hybridized carbons (Fsp3) is 0.444. The maximum Gasteiger partial charge on any atom is 0.239 e. The Kier molecular flexibility index (Phi) is 7.84. The van der Waals surface area contributed by atoms with Crippen LogP contribution in [0.3, 0.4) is 0 Å². The van der Waals surface area contributed by atoms with Crippen molar-refractivity contribution in [1.29, 1.82) is 0 Å². The molecular formula is C27H30O14. The third-order valence-electron chi connectivity index (χ3n) is 7.14. The third kappa shape index (κ3) is 5.31. The lowest BCUT2D eigenvalue weighted by molar-refractivity contribution is -0.268. The fourth-order valence-electron chi connectivity index (χ4n) is 4.71. The first-order valence-corrected chi connectivity index (χ1v) is 12.7. The molecule has 2 aliphatic heterocycles. The number of aliphatic hydroxyl groups excluding tert-OH is 6. The average molecular weight is 579 g/mol. The van der Waals surface area contributed by atoms with E-state index < -0.39 is 78.3 Å². The van der Waals surface area contributed by atoms with Crippen LogP contribution in [-0.4, -0.2) is 102 Å². The van der Waals surface area contributed by atoms with Gasteiger partial charge in [-0.3, -0.25) is 4.79 Å². The molecule has 2 saturated heterocycles. The van der Waals surface area contributed by atoms with Crippen molar-refractivity contribution >= 4 is 11.0 Å². The van der Waals surface area contributed by atoms with Gasteiger partial charge in [-0.25, -0.2) is 0 Å². The Hall–Kier alpha value is -3.47. The van der Waals surface area contributed by atoms with Gasteiger partial charge in [-0.1, -0.05) is 0 Å². The Balaban J connectivity index is 1.58. The van der Waals surface area contributed by atoms with E-state index in [9.17, 15) is 45.6 Å². The van der Waals surface area contributed by atoms with Gasteiger partial charge in [0.15, 0.2) is 5.76 Å². The van der Waals surface area contributed by atoms with Gasteiger partial charge in [-0.05, 0) is 38.1 Å². The van der Waals surface area contributed by atoms with Crippen LogP contribution in [0.4, 0.5) is 0 Å². The van der Waals surface area contributed by atoms with Crippen molar-refractivity contribution in [1.82, 2.24) is 0 Å². The number of ether oxygens (including phenoxy) is 4. The Labute approximate surface area is 231 Å². The molecule has 14 nitrogen and oxygen atoms in total. The minimum absolute atomic E-state index is 0.0859. The van der Waals surface area contributed by atoms with Gasteiger partial charge in [0.05, 0.1) is 12.2 Å². The minimum atomic E-state index is -1.76. The molecule has 2 aliphatic rings. The van der Waals surface area contributed by atoms with E-state index in [0.29, 0.717) is 0 Å². The number of aromatic hydroxyl groups is 2. The molecule has 0 radical (unpaired) electrons. The summed E-state index contributed by atoms with van der Waals surface area (Å²) in [5, 5.41) is 81.1. The zero-order valence-corrected chi connectivity index (χ0v) is 21.8. The Bertz CT molecular complexity index is 1460. The maximum atomic E-state index is 13.7. The number of phenols is 2. The smallest absolute Gasteiger partial charge is 0.239 e. The Morgan fingerprint density at radius 3 is 1.80 bits per heavy atom. The molecule has 0 unspecified atom stereocenters. The summed E-state index contributed by atoms with van der Waals surface area (Å²) in [6.45, 7) is 2.90. The van der Waals surface area contributed by atoms with Crippen molar-refractivity contribution in [3.8, 4) is 34.3 Å². The number of hydrogen-bond donors (Lipinski definition) is 8. The molecule has 0 saturated carbocycles. The number of aliphatic hydroxyl groups is 6. The predicted octanol–water partition coefficient (Wildman–Crippen LogP) is -0.716. The largest absolute Gasteiger partial charge is 0.508 e. The van der Waals surface area contributed by atoms with Crippen LogP contribution in [0.15, 0.2) is 45.6 Å². The number of hydrogen-bond acceptors (Lipinski definition) is 14. The lowest BCUT2D eigenvalue weighted by Gasteiger charge is -2.39. The molecule has 2 fully saturated rings. The molecule has 3 heterocycles. The van der Waals surface area contributed by atoms with E-state index in [0.717, 1.165) is 6.07 Å².